The Morgan fingerprint density at radius 1 is 1.47 bits per heavy atom. The molecule has 15 heavy (non-hydrogen) atoms. The number of pyridine rings is 2. The standard InChI is InChI=1S/C10H8BClN2O/c1-11-8-9-6(3-4-7(12)14-9)5-13-10(8)15-2/h3-5H,1H2,2H3. The van der Waals surface area contributed by atoms with Gasteiger partial charge in [-0.2, -0.15) is 0 Å². The van der Waals surface area contributed by atoms with E-state index >= 15 is 0 Å². The van der Waals surface area contributed by atoms with E-state index in [1.807, 2.05) is 6.07 Å². The van der Waals surface area contributed by atoms with E-state index in [1.54, 1.807) is 26.3 Å². The zero-order valence-corrected chi connectivity index (χ0v) is 8.95. The number of halogens is 1. The zero-order valence-electron chi connectivity index (χ0n) is 8.20. The van der Waals surface area contributed by atoms with Crippen molar-refractivity contribution in [3.05, 3.63) is 23.5 Å². The second-order valence-corrected chi connectivity index (χ2v) is 3.34. The fourth-order valence-corrected chi connectivity index (χ4v) is 1.56. The van der Waals surface area contributed by atoms with E-state index in [-0.39, 0.29) is 0 Å². The van der Waals surface area contributed by atoms with Crippen LogP contribution in [0.1, 0.15) is 0 Å². The van der Waals surface area contributed by atoms with Gasteiger partial charge in [-0.3, -0.25) is 0 Å². The number of hydrogen-bond donors (Lipinski definition) is 0. The molecule has 0 radical (unpaired) electrons. The van der Waals surface area contributed by atoms with Crippen molar-refractivity contribution in [3.8, 4) is 5.88 Å². The Bertz CT molecular complexity index is 530. The summed E-state index contributed by atoms with van der Waals surface area (Å²) in [5, 5.41) is 1.36. The van der Waals surface area contributed by atoms with E-state index in [9.17, 15) is 0 Å². The summed E-state index contributed by atoms with van der Waals surface area (Å²) in [6, 6.07) is 3.59. The molecule has 0 spiro atoms. The summed E-state index contributed by atoms with van der Waals surface area (Å²) in [6.07, 6.45) is 1.70. The molecule has 3 nitrogen and oxygen atoms in total. The van der Waals surface area contributed by atoms with Crippen molar-refractivity contribution in [1.29, 1.82) is 0 Å². The van der Waals surface area contributed by atoms with E-state index in [1.165, 1.54) is 0 Å². The quantitative estimate of drug-likeness (QED) is 0.558. The Balaban J connectivity index is 2.84. The van der Waals surface area contributed by atoms with Crippen LogP contribution in [-0.4, -0.2) is 30.5 Å². The molecule has 0 fully saturated rings. The molecule has 2 heterocycles. The number of fused-ring (bicyclic) bond motifs is 1. The van der Waals surface area contributed by atoms with Crippen molar-refractivity contribution in [2.75, 3.05) is 7.11 Å². The van der Waals surface area contributed by atoms with E-state index in [0.29, 0.717) is 11.0 Å². The number of aromatic nitrogens is 2. The van der Waals surface area contributed by atoms with Crippen LogP contribution in [0.3, 0.4) is 0 Å². The summed E-state index contributed by atoms with van der Waals surface area (Å²) < 4.78 is 5.12. The first kappa shape index (κ1) is 10.1. The van der Waals surface area contributed by atoms with E-state index in [4.69, 9.17) is 16.3 Å². The second kappa shape index (κ2) is 3.99. The first-order chi connectivity index (χ1) is 7.26. The average molecular weight is 218 g/mol. The molecule has 0 atom stereocenters. The van der Waals surface area contributed by atoms with Gasteiger partial charge in [0.25, 0.3) is 0 Å². The minimum absolute atomic E-state index is 0.443. The molecule has 2 rings (SSSR count). The Morgan fingerprint density at radius 3 is 2.93 bits per heavy atom. The summed E-state index contributed by atoms with van der Waals surface area (Å²) in [5.74, 6) is 0.507. The van der Waals surface area contributed by atoms with Crippen molar-refractivity contribution in [2.45, 2.75) is 0 Å². The van der Waals surface area contributed by atoms with Gasteiger partial charge in [-0.15, -0.1) is 0 Å². The van der Waals surface area contributed by atoms with Gasteiger partial charge in [0.2, 0.25) is 0 Å². The van der Waals surface area contributed by atoms with Crippen molar-refractivity contribution < 1.29 is 4.74 Å². The van der Waals surface area contributed by atoms with Gasteiger partial charge in [0, 0.05) is 0 Å². The Morgan fingerprint density at radius 2 is 2.27 bits per heavy atom. The monoisotopic (exact) mass is 218 g/mol. The molecule has 0 unspecified atom stereocenters. The minimum atomic E-state index is 0.443. The molecule has 0 aliphatic carbocycles. The molecule has 0 saturated heterocycles. The molecule has 0 aromatic carbocycles. The molecule has 74 valence electrons. The molecule has 2 aromatic rings. The van der Waals surface area contributed by atoms with Crippen LogP contribution in [0.4, 0.5) is 0 Å². The molecule has 5 heteroatoms. The first-order valence-corrected chi connectivity index (χ1v) is 4.75. The number of methoxy groups -OCH3 is 1. The third-order valence-corrected chi connectivity index (χ3v) is 2.31. The molecule has 0 bridgehead atoms. The van der Waals surface area contributed by atoms with Gasteiger partial charge in [-0.05, 0) is 0 Å². The zero-order chi connectivity index (χ0) is 10.8. The summed E-state index contributed by atoms with van der Waals surface area (Å²) >= 11 is 5.84. The van der Waals surface area contributed by atoms with Gasteiger partial charge in [-0.1, -0.05) is 0 Å². The van der Waals surface area contributed by atoms with Gasteiger partial charge >= 0.3 is 92.5 Å². The van der Waals surface area contributed by atoms with Crippen LogP contribution < -0.4 is 10.2 Å². The summed E-state index contributed by atoms with van der Waals surface area (Å²) in [5.41, 5.74) is 1.52. The number of hydrogen-bond acceptors (Lipinski definition) is 3. The predicted molar refractivity (Wildman–Crippen MR) is 63.6 cm³/mol. The fourth-order valence-electron chi connectivity index (χ4n) is 1.41. The van der Waals surface area contributed by atoms with Crippen molar-refractivity contribution >= 4 is 41.4 Å². The average Bonchev–Trinajstić information content (AvgIpc) is 2.27. The van der Waals surface area contributed by atoms with E-state index in [2.05, 4.69) is 16.4 Å². The van der Waals surface area contributed by atoms with Gasteiger partial charge < -0.3 is 0 Å². The third kappa shape index (κ3) is 1.73. The molecular weight excluding hydrogens is 210 g/mol. The maximum atomic E-state index is 5.84. The molecule has 0 saturated carbocycles. The Kier molecular flexibility index (Phi) is 2.69. The summed E-state index contributed by atoms with van der Waals surface area (Å²) in [4.78, 5) is 8.38. The van der Waals surface area contributed by atoms with Gasteiger partial charge in [0.1, 0.15) is 0 Å². The van der Waals surface area contributed by atoms with Crippen LogP contribution in [0.2, 0.25) is 5.15 Å². The molecule has 0 aliphatic heterocycles. The third-order valence-electron chi connectivity index (χ3n) is 2.10. The van der Waals surface area contributed by atoms with Crippen LogP contribution in [0.5, 0.6) is 5.88 Å². The fraction of sp³-hybridized carbons (Fsp3) is 0.100. The SMILES string of the molecule is C=Bc1c(OC)ncc2ccc(Cl)nc12. The topological polar surface area (TPSA) is 35.0 Å². The van der Waals surface area contributed by atoms with E-state index in [0.717, 1.165) is 16.4 Å². The summed E-state index contributed by atoms with van der Waals surface area (Å²) in [7, 11) is 1.56. The van der Waals surface area contributed by atoms with Crippen LogP contribution in [0, 0.1) is 0 Å². The number of nitrogens with zero attached hydrogens (tertiary/aromatic N) is 2. The first-order valence-electron chi connectivity index (χ1n) is 4.38. The molecular formula is C10H8BClN2O. The van der Waals surface area contributed by atoms with Crippen LogP contribution in [0.25, 0.3) is 10.9 Å². The van der Waals surface area contributed by atoms with Gasteiger partial charge in [0.05, 0.1) is 0 Å². The molecule has 2 aromatic heterocycles. The Labute approximate surface area is 93.0 Å². The van der Waals surface area contributed by atoms with Crippen molar-refractivity contribution in [2.24, 2.45) is 0 Å². The molecule has 0 amide bonds. The second-order valence-electron chi connectivity index (χ2n) is 2.96. The number of ether oxygens (including phenoxy) is 1. The Hall–Kier alpha value is -1.42. The summed E-state index contributed by atoms with van der Waals surface area (Å²) in [6.45, 7) is 5.38. The molecule has 0 N–H and O–H groups in total. The van der Waals surface area contributed by atoms with Crippen molar-refractivity contribution in [3.63, 3.8) is 0 Å². The predicted octanol–water partition coefficient (Wildman–Crippen LogP) is 1.05. The van der Waals surface area contributed by atoms with Gasteiger partial charge in [0.15, 0.2) is 0 Å². The van der Waals surface area contributed by atoms with Gasteiger partial charge in [-0.25, -0.2) is 0 Å². The normalized spacial score (nSPS) is 10.0. The van der Waals surface area contributed by atoms with Crippen LogP contribution in [-0.2, 0) is 0 Å². The number of rotatable bonds is 2. The van der Waals surface area contributed by atoms with Crippen LogP contribution >= 0.6 is 11.6 Å². The van der Waals surface area contributed by atoms with Crippen molar-refractivity contribution in [1.82, 2.24) is 9.97 Å². The van der Waals surface area contributed by atoms with Crippen LogP contribution in [0.15, 0.2) is 18.3 Å². The molecule has 0 aliphatic rings. The van der Waals surface area contributed by atoms with E-state index < -0.39 is 0 Å². The maximum absolute atomic E-state index is 5.84.